The second-order valence-corrected chi connectivity index (χ2v) is 7.35. The van der Waals surface area contributed by atoms with Gasteiger partial charge >= 0.3 is 0 Å². The van der Waals surface area contributed by atoms with E-state index in [1.54, 1.807) is 11.2 Å². The Kier molecular flexibility index (Phi) is 5.18. The van der Waals surface area contributed by atoms with Crippen molar-refractivity contribution in [3.63, 3.8) is 0 Å². The molecule has 21 heavy (non-hydrogen) atoms. The average Bonchev–Trinajstić information content (AvgIpc) is 2.81. The number of aromatic amines is 1. The molecule has 1 aromatic heterocycles. The highest BCUT2D eigenvalue weighted by Gasteiger charge is 2.31. The molecule has 0 aliphatic carbocycles. The van der Waals surface area contributed by atoms with Crippen molar-refractivity contribution in [2.75, 3.05) is 19.6 Å². The number of hydrogen-bond acceptors (Lipinski definition) is 4. The number of H-pyrrole nitrogens is 1. The number of rotatable bonds is 6. The first-order valence-corrected chi connectivity index (χ1v) is 8.81. The number of aromatic nitrogens is 2. The highest BCUT2D eigenvalue weighted by molar-refractivity contribution is 7.89. The van der Waals surface area contributed by atoms with Crippen LogP contribution in [0.4, 0.5) is 0 Å². The zero-order valence-corrected chi connectivity index (χ0v) is 13.8. The molecule has 0 saturated heterocycles. The lowest BCUT2D eigenvalue weighted by Crippen LogP contribution is -2.36. The fourth-order valence-corrected chi connectivity index (χ4v) is 4.35. The molecule has 2 rings (SSSR count). The van der Waals surface area contributed by atoms with Gasteiger partial charge in [-0.1, -0.05) is 18.6 Å². The molecule has 0 bridgehead atoms. The van der Waals surface area contributed by atoms with E-state index in [1.807, 2.05) is 6.92 Å². The van der Waals surface area contributed by atoms with Crippen molar-refractivity contribution in [3.8, 4) is 0 Å². The number of sulfonamides is 1. The van der Waals surface area contributed by atoms with E-state index in [-0.39, 0.29) is 0 Å². The summed E-state index contributed by atoms with van der Waals surface area (Å²) in [6.07, 6.45) is 3.87. The predicted octanol–water partition coefficient (Wildman–Crippen LogP) is 1.56. The monoisotopic (exact) mass is 312 g/mol. The zero-order valence-electron chi connectivity index (χ0n) is 12.9. The number of nitrogens with zero attached hydrogens (tertiary/aromatic N) is 2. The van der Waals surface area contributed by atoms with E-state index in [4.69, 9.17) is 0 Å². The zero-order chi connectivity index (χ0) is 15.5. The summed E-state index contributed by atoms with van der Waals surface area (Å²) in [4.78, 5) is 0.334. The Morgan fingerprint density at radius 1 is 1.43 bits per heavy atom. The molecule has 118 valence electrons. The lowest BCUT2D eigenvalue weighted by molar-refractivity contribution is 0.426. The second kappa shape index (κ2) is 6.72. The van der Waals surface area contributed by atoms with E-state index < -0.39 is 10.0 Å². The Balaban J connectivity index is 2.27. The SMILES string of the molecule is CCCNCc1n[nH]c(C)c1S(=O)(=O)N1CCC=C(C)C1. The van der Waals surface area contributed by atoms with Crippen LogP contribution in [-0.4, -0.2) is 42.6 Å². The maximum Gasteiger partial charge on any atom is 0.247 e. The Morgan fingerprint density at radius 2 is 2.19 bits per heavy atom. The fourth-order valence-electron chi connectivity index (χ4n) is 2.53. The third-order valence-electron chi connectivity index (χ3n) is 3.58. The van der Waals surface area contributed by atoms with Gasteiger partial charge in [-0.3, -0.25) is 5.10 Å². The van der Waals surface area contributed by atoms with Crippen molar-refractivity contribution in [1.29, 1.82) is 0 Å². The molecule has 6 nitrogen and oxygen atoms in total. The molecule has 0 spiro atoms. The predicted molar refractivity (Wildman–Crippen MR) is 82.5 cm³/mol. The molecule has 2 N–H and O–H groups in total. The molecule has 7 heteroatoms. The third kappa shape index (κ3) is 3.53. The van der Waals surface area contributed by atoms with E-state index >= 15 is 0 Å². The topological polar surface area (TPSA) is 78.1 Å². The summed E-state index contributed by atoms with van der Waals surface area (Å²) in [5, 5.41) is 10.2. The third-order valence-corrected chi connectivity index (χ3v) is 5.62. The maximum absolute atomic E-state index is 12.9. The van der Waals surface area contributed by atoms with Crippen LogP contribution >= 0.6 is 0 Å². The Hall–Kier alpha value is -1.18. The summed E-state index contributed by atoms with van der Waals surface area (Å²) in [6.45, 7) is 8.11. The lowest BCUT2D eigenvalue weighted by Gasteiger charge is -2.25. The molecule has 0 aromatic carbocycles. The van der Waals surface area contributed by atoms with E-state index in [0.717, 1.165) is 25.0 Å². The van der Waals surface area contributed by atoms with Gasteiger partial charge < -0.3 is 5.32 Å². The lowest BCUT2D eigenvalue weighted by atomic mass is 10.2. The van der Waals surface area contributed by atoms with Crippen LogP contribution in [0.1, 0.15) is 38.1 Å². The average molecular weight is 312 g/mol. The highest BCUT2D eigenvalue weighted by atomic mass is 32.2. The van der Waals surface area contributed by atoms with Crippen molar-refractivity contribution in [2.24, 2.45) is 0 Å². The molecule has 0 atom stereocenters. The standard InChI is InChI=1S/C14H24N4O2S/c1-4-7-15-9-13-14(12(3)16-17-13)21(19,20)18-8-5-6-11(2)10-18/h6,15H,4-5,7-10H2,1-3H3,(H,16,17). The van der Waals surface area contributed by atoms with Gasteiger partial charge in [0.1, 0.15) is 4.90 Å². The molecule has 1 aromatic rings. The Bertz CT molecular complexity index is 619. The van der Waals surface area contributed by atoms with Gasteiger partial charge in [0.05, 0.1) is 11.4 Å². The number of aryl methyl sites for hydroxylation is 1. The van der Waals surface area contributed by atoms with E-state index in [2.05, 4.69) is 28.5 Å². The van der Waals surface area contributed by atoms with Gasteiger partial charge in [-0.2, -0.15) is 9.40 Å². The molecular formula is C14H24N4O2S. The molecule has 0 unspecified atom stereocenters. The molecule has 1 aliphatic heterocycles. The van der Waals surface area contributed by atoms with Crippen molar-refractivity contribution < 1.29 is 8.42 Å². The van der Waals surface area contributed by atoms with Gasteiger partial charge in [0.2, 0.25) is 10.0 Å². The van der Waals surface area contributed by atoms with E-state index in [0.29, 0.717) is 35.9 Å². The number of nitrogens with one attached hydrogen (secondary N) is 2. The first-order chi connectivity index (χ1) is 9.96. The summed E-state index contributed by atoms with van der Waals surface area (Å²) in [5.41, 5.74) is 2.28. The summed E-state index contributed by atoms with van der Waals surface area (Å²) in [6, 6.07) is 0. The first kappa shape index (κ1) is 16.2. The first-order valence-electron chi connectivity index (χ1n) is 7.37. The van der Waals surface area contributed by atoms with Crippen LogP contribution in [0, 0.1) is 6.92 Å². The summed E-state index contributed by atoms with van der Waals surface area (Å²) in [5.74, 6) is 0. The van der Waals surface area contributed by atoms with Crippen molar-refractivity contribution in [3.05, 3.63) is 23.0 Å². The van der Waals surface area contributed by atoms with Crippen LogP contribution in [0.3, 0.4) is 0 Å². The van der Waals surface area contributed by atoms with Gasteiger partial charge in [0.25, 0.3) is 0 Å². The second-order valence-electron chi connectivity index (χ2n) is 5.48. The largest absolute Gasteiger partial charge is 0.311 e. The van der Waals surface area contributed by atoms with Crippen LogP contribution in [0.2, 0.25) is 0 Å². The summed E-state index contributed by atoms with van der Waals surface area (Å²) < 4.78 is 27.3. The Morgan fingerprint density at radius 3 is 2.86 bits per heavy atom. The van der Waals surface area contributed by atoms with E-state index in [1.165, 1.54) is 0 Å². The molecule has 0 amide bonds. The van der Waals surface area contributed by atoms with Crippen molar-refractivity contribution in [1.82, 2.24) is 19.8 Å². The van der Waals surface area contributed by atoms with Gasteiger partial charge in [-0.25, -0.2) is 8.42 Å². The van der Waals surface area contributed by atoms with Gasteiger partial charge in [-0.15, -0.1) is 0 Å². The van der Waals surface area contributed by atoms with Crippen LogP contribution in [0.5, 0.6) is 0 Å². The van der Waals surface area contributed by atoms with Gasteiger partial charge in [0, 0.05) is 19.6 Å². The highest BCUT2D eigenvalue weighted by Crippen LogP contribution is 2.25. The maximum atomic E-state index is 12.9. The molecular weight excluding hydrogens is 288 g/mol. The van der Waals surface area contributed by atoms with Gasteiger partial charge in [-0.05, 0) is 33.2 Å². The number of hydrogen-bond donors (Lipinski definition) is 2. The molecule has 0 saturated carbocycles. The quantitative estimate of drug-likeness (QED) is 0.617. The minimum Gasteiger partial charge on any atom is -0.311 e. The fraction of sp³-hybridized carbons (Fsp3) is 0.643. The Labute approximate surface area is 126 Å². The molecule has 2 heterocycles. The van der Waals surface area contributed by atoms with E-state index in [9.17, 15) is 8.42 Å². The summed E-state index contributed by atoms with van der Waals surface area (Å²) >= 11 is 0. The van der Waals surface area contributed by atoms with Crippen molar-refractivity contribution in [2.45, 2.75) is 45.1 Å². The van der Waals surface area contributed by atoms with Crippen LogP contribution in [-0.2, 0) is 16.6 Å². The van der Waals surface area contributed by atoms with Crippen molar-refractivity contribution >= 4 is 10.0 Å². The normalized spacial score (nSPS) is 17.0. The molecule has 1 aliphatic rings. The van der Waals surface area contributed by atoms with Crippen LogP contribution in [0.25, 0.3) is 0 Å². The molecule has 0 fully saturated rings. The minimum absolute atomic E-state index is 0.334. The minimum atomic E-state index is -3.49. The van der Waals surface area contributed by atoms with Crippen LogP contribution < -0.4 is 5.32 Å². The van der Waals surface area contributed by atoms with Crippen LogP contribution in [0.15, 0.2) is 16.5 Å². The van der Waals surface area contributed by atoms with Gasteiger partial charge in [0.15, 0.2) is 0 Å². The summed E-state index contributed by atoms with van der Waals surface area (Å²) in [7, 11) is -3.49. The molecule has 0 radical (unpaired) electrons. The smallest absolute Gasteiger partial charge is 0.247 e.